The van der Waals surface area contributed by atoms with Gasteiger partial charge >= 0.3 is 0 Å². The van der Waals surface area contributed by atoms with E-state index in [-0.39, 0.29) is 10.0 Å². The van der Waals surface area contributed by atoms with E-state index < -0.39 is 17.7 Å². The third kappa shape index (κ3) is 3.14. The standard InChI is InChI=1S/C14H11BrF2IN/c1-19-14(8-2-4-9(18)5-3-8)12-11(16)7-6-10(15)13(12)17/h2-7,14,19H,1H3. The molecule has 0 aliphatic heterocycles. The van der Waals surface area contributed by atoms with Crippen LogP contribution in [0, 0.1) is 15.2 Å². The Kier molecular flexibility index (Phi) is 4.92. The van der Waals surface area contributed by atoms with Crippen molar-refractivity contribution in [2.45, 2.75) is 6.04 Å². The Morgan fingerprint density at radius 1 is 1.11 bits per heavy atom. The van der Waals surface area contributed by atoms with Gasteiger partial charge in [0.15, 0.2) is 0 Å². The summed E-state index contributed by atoms with van der Waals surface area (Å²) in [6, 6.07) is 9.66. The lowest BCUT2D eigenvalue weighted by Gasteiger charge is -2.19. The molecule has 0 aliphatic rings. The molecule has 0 fully saturated rings. The molecule has 1 nitrogen and oxygen atoms in total. The van der Waals surface area contributed by atoms with Crippen LogP contribution in [0.25, 0.3) is 0 Å². The average Bonchev–Trinajstić information content (AvgIpc) is 2.40. The van der Waals surface area contributed by atoms with Gasteiger partial charge in [-0.15, -0.1) is 0 Å². The van der Waals surface area contributed by atoms with Crippen molar-refractivity contribution in [2.75, 3.05) is 7.05 Å². The molecule has 2 aromatic carbocycles. The molecule has 5 heteroatoms. The van der Waals surface area contributed by atoms with Gasteiger partial charge in [-0.2, -0.15) is 0 Å². The van der Waals surface area contributed by atoms with E-state index in [1.54, 1.807) is 7.05 Å². The van der Waals surface area contributed by atoms with Crippen LogP contribution < -0.4 is 5.32 Å². The van der Waals surface area contributed by atoms with Gasteiger partial charge in [-0.05, 0) is 75.4 Å². The van der Waals surface area contributed by atoms with Crippen molar-refractivity contribution in [3.63, 3.8) is 0 Å². The van der Waals surface area contributed by atoms with Gasteiger partial charge in [0.25, 0.3) is 0 Å². The summed E-state index contributed by atoms with van der Waals surface area (Å²) in [4.78, 5) is 0. The number of hydrogen-bond donors (Lipinski definition) is 1. The van der Waals surface area contributed by atoms with E-state index >= 15 is 0 Å². The normalized spacial score (nSPS) is 12.5. The van der Waals surface area contributed by atoms with Gasteiger partial charge in [-0.25, -0.2) is 8.78 Å². The Labute approximate surface area is 132 Å². The predicted octanol–water partition coefficient (Wildman–Crippen LogP) is 4.64. The Hall–Kier alpha value is -0.530. The minimum Gasteiger partial charge on any atom is -0.309 e. The maximum atomic E-state index is 14.1. The molecule has 1 N–H and O–H groups in total. The quantitative estimate of drug-likeness (QED) is 0.544. The van der Waals surface area contributed by atoms with Crippen LogP contribution in [0.1, 0.15) is 17.2 Å². The molecule has 0 aromatic heterocycles. The molecule has 0 saturated carbocycles. The lowest BCUT2D eigenvalue weighted by molar-refractivity contribution is 0.518. The van der Waals surface area contributed by atoms with Gasteiger partial charge in [0.05, 0.1) is 10.5 Å². The zero-order valence-corrected chi connectivity index (χ0v) is 13.8. The number of benzene rings is 2. The summed E-state index contributed by atoms with van der Waals surface area (Å²) in [5.74, 6) is -1.13. The van der Waals surface area contributed by atoms with Crippen molar-refractivity contribution in [2.24, 2.45) is 0 Å². The highest BCUT2D eigenvalue weighted by molar-refractivity contribution is 14.1. The molecular formula is C14H11BrF2IN. The SMILES string of the molecule is CNC(c1ccc(I)cc1)c1c(F)ccc(Br)c1F. The van der Waals surface area contributed by atoms with Crippen molar-refractivity contribution >= 4 is 38.5 Å². The zero-order valence-electron chi connectivity index (χ0n) is 10.1. The Balaban J connectivity index is 2.54. The monoisotopic (exact) mass is 437 g/mol. The lowest BCUT2D eigenvalue weighted by atomic mass is 9.98. The molecule has 2 rings (SSSR count). The molecule has 0 amide bonds. The summed E-state index contributed by atoms with van der Waals surface area (Å²) in [7, 11) is 1.68. The second-order valence-corrected chi connectivity index (χ2v) is 6.13. The first kappa shape index (κ1) is 14.9. The summed E-state index contributed by atoms with van der Waals surface area (Å²) in [5, 5.41) is 2.96. The Morgan fingerprint density at radius 3 is 2.32 bits per heavy atom. The molecule has 0 heterocycles. The van der Waals surface area contributed by atoms with Crippen molar-refractivity contribution in [1.82, 2.24) is 5.32 Å². The maximum Gasteiger partial charge on any atom is 0.145 e. The summed E-state index contributed by atoms with van der Waals surface area (Å²) >= 11 is 5.28. The molecule has 1 unspecified atom stereocenters. The zero-order chi connectivity index (χ0) is 14.0. The van der Waals surface area contributed by atoms with Crippen molar-refractivity contribution in [3.05, 3.63) is 67.2 Å². The van der Waals surface area contributed by atoms with Crippen LogP contribution in [-0.2, 0) is 0 Å². The van der Waals surface area contributed by atoms with E-state index in [0.717, 1.165) is 9.13 Å². The fraction of sp³-hybridized carbons (Fsp3) is 0.143. The maximum absolute atomic E-state index is 14.1. The Bertz CT molecular complexity index is 587. The molecule has 0 bridgehead atoms. The highest BCUT2D eigenvalue weighted by Gasteiger charge is 2.22. The van der Waals surface area contributed by atoms with Gasteiger partial charge < -0.3 is 5.32 Å². The van der Waals surface area contributed by atoms with Crippen LogP contribution in [0.5, 0.6) is 0 Å². The first-order valence-corrected chi connectivity index (χ1v) is 7.48. The summed E-state index contributed by atoms with van der Waals surface area (Å²) in [5.41, 5.74) is 0.844. The smallest absolute Gasteiger partial charge is 0.145 e. The van der Waals surface area contributed by atoms with E-state index in [2.05, 4.69) is 43.8 Å². The second kappa shape index (κ2) is 6.28. The molecule has 2 aromatic rings. The number of rotatable bonds is 3. The predicted molar refractivity (Wildman–Crippen MR) is 84.1 cm³/mol. The van der Waals surface area contributed by atoms with Crippen LogP contribution >= 0.6 is 38.5 Å². The van der Waals surface area contributed by atoms with Crippen LogP contribution in [0.3, 0.4) is 0 Å². The highest BCUT2D eigenvalue weighted by atomic mass is 127. The number of nitrogens with one attached hydrogen (secondary N) is 1. The van der Waals surface area contributed by atoms with E-state index in [4.69, 9.17) is 0 Å². The number of halogens is 4. The fourth-order valence-electron chi connectivity index (χ4n) is 1.94. The minimum atomic E-state index is -0.571. The first-order chi connectivity index (χ1) is 9.04. The van der Waals surface area contributed by atoms with E-state index in [0.29, 0.717) is 0 Å². The Morgan fingerprint density at radius 2 is 1.74 bits per heavy atom. The molecule has 0 spiro atoms. The molecule has 100 valence electrons. The van der Waals surface area contributed by atoms with Crippen molar-refractivity contribution < 1.29 is 8.78 Å². The van der Waals surface area contributed by atoms with Crippen LogP contribution in [0.4, 0.5) is 8.78 Å². The highest BCUT2D eigenvalue weighted by Crippen LogP contribution is 2.30. The average molecular weight is 438 g/mol. The van der Waals surface area contributed by atoms with E-state index in [1.165, 1.54) is 12.1 Å². The van der Waals surface area contributed by atoms with Gasteiger partial charge in [0.1, 0.15) is 11.6 Å². The lowest BCUT2D eigenvalue weighted by Crippen LogP contribution is -2.20. The molecule has 0 saturated heterocycles. The molecule has 1 atom stereocenters. The number of hydrogen-bond acceptors (Lipinski definition) is 1. The summed E-state index contributed by atoms with van der Waals surface area (Å²) in [6.45, 7) is 0. The topological polar surface area (TPSA) is 12.0 Å². The van der Waals surface area contributed by atoms with Gasteiger partial charge in [0, 0.05) is 9.13 Å². The fourth-order valence-corrected chi connectivity index (χ4v) is 2.65. The first-order valence-electron chi connectivity index (χ1n) is 5.60. The second-order valence-electron chi connectivity index (χ2n) is 4.03. The molecule has 19 heavy (non-hydrogen) atoms. The molecule has 0 radical (unpaired) electrons. The van der Waals surface area contributed by atoms with Crippen LogP contribution in [-0.4, -0.2) is 7.05 Å². The largest absolute Gasteiger partial charge is 0.309 e. The van der Waals surface area contributed by atoms with Crippen molar-refractivity contribution in [1.29, 1.82) is 0 Å². The summed E-state index contributed by atoms with van der Waals surface area (Å²) in [6.07, 6.45) is 0. The third-order valence-corrected chi connectivity index (χ3v) is 4.19. The van der Waals surface area contributed by atoms with Gasteiger partial charge in [0.2, 0.25) is 0 Å². The minimum absolute atomic E-state index is 0.0260. The summed E-state index contributed by atoms with van der Waals surface area (Å²) < 4.78 is 29.4. The molecular weight excluding hydrogens is 427 g/mol. The molecule has 0 aliphatic carbocycles. The van der Waals surface area contributed by atoms with Gasteiger partial charge in [-0.1, -0.05) is 12.1 Å². The van der Waals surface area contributed by atoms with Crippen molar-refractivity contribution in [3.8, 4) is 0 Å². The van der Waals surface area contributed by atoms with Crippen LogP contribution in [0.15, 0.2) is 40.9 Å². The van der Waals surface area contributed by atoms with Crippen LogP contribution in [0.2, 0.25) is 0 Å². The van der Waals surface area contributed by atoms with Gasteiger partial charge in [-0.3, -0.25) is 0 Å². The van der Waals surface area contributed by atoms with E-state index in [1.807, 2.05) is 24.3 Å². The van der Waals surface area contributed by atoms with E-state index in [9.17, 15) is 8.78 Å². The third-order valence-electron chi connectivity index (χ3n) is 2.86.